The molecule has 16 nitrogen and oxygen atoms in total. The van der Waals surface area contributed by atoms with E-state index in [0.29, 0.717) is 17.4 Å². The van der Waals surface area contributed by atoms with Crippen LogP contribution in [0.2, 0.25) is 5.28 Å². The molecule has 4 aromatic carbocycles. The van der Waals surface area contributed by atoms with Gasteiger partial charge in [-0.1, -0.05) is 12.1 Å². The number of azo groups is 1. The average molecular weight is 778 g/mol. The van der Waals surface area contributed by atoms with Gasteiger partial charge in [-0.3, -0.25) is 13.7 Å². The Morgan fingerprint density at radius 2 is 1.31 bits per heavy atom. The summed E-state index contributed by atoms with van der Waals surface area (Å²) in [5, 5.41) is 11.0. The van der Waals surface area contributed by atoms with Crippen LogP contribution in [-0.4, -0.2) is 150 Å². The summed E-state index contributed by atoms with van der Waals surface area (Å²) in [7, 11) is -12.4. The quantitative estimate of drug-likeness (QED) is 0.0953. The monoisotopic (exact) mass is 777 g/mol. The molecule has 0 atom stereocenters. The summed E-state index contributed by atoms with van der Waals surface area (Å²) in [5.41, 5.74) is 1.48. The van der Waals surface area contributed by atoms with E-state index in [4.69, 9.17) is 11.6 Å². The second-order valence-electron chi connectivity index (χ2n) is 9.41. The Hall–Kier alpha value is -1.63. The Morgan fingerprint density at radius 1 is 0.694 bits per heavy atom. The molecule has 244 valence electrons. The van der Waals surface area contributed by atoms with Crippen molar-refractivity contribution < 1.29 is 38.9 Å². The van der Waals surface area contributed by atoms with Crippen LogP contribution in [0.1, 0.15) is 0 Å². The van der Waals surface area contributed by atoms with Crippen molar-refractivity contribution >= 4 is 176 Å². The number of benzene rings is 4. The normalized spacial score (nSPS) is 11.7. The minimum atomic E-state index is -4.82. The number of hydrogen-bond donors (Lipinski definition) is 4. The van der Waals surface area contributed by atoms with Crippen LogP contribution in [0, 0.1) is 0 Å². The van der Waals surface area contributed by atoms with E-state index in [0.717, 1.165) is 6.07 Å². The van der Waals surface area contributed by atoms with Gasteiger partial charge >= 0.3 is 88.7 Å². The van der Waals surface area contributed by atoms with E-state index in [9.17, 15) is 38.9 Å². The molecule has 0 saturated heterocycles. The van der Waals surface area contributed by atoms with E-state index < -0.39 is 40.1 Å². The predicted octanol–water partition coefficient (Wildman–Crippen LogP) is 3.40. The molecule has 0 aliphatic heterocycles. The van der Waals surface area contributed by atoms with Gasteiger partial charge in [-0.05, 0) is 83.7 Å². The molecule has 1 aromatic heterocycles. The summed E-state index contributed by atoms with van der Waals surface area (Å²) in [6, 6.07) is 17.7. The van der Waals surface area contributed by atoms with Crippen molar-refractivity contribution in [1.29, 1.82) is 0 Å². The third-order valence-corrected chi connectivity index (χ3v) is 8.99. The number of aromatic nitrogens is 3. The first-order valence-corrected chi connectivity index (χ1v) is 17.2. The molecule has 0 fully saturated rings. The van der Waals surface area contributed by atoms with Gasteiger partial charge in [0.1, 0.15) is 4.90 Å². The summed E-state index contributed by atoms with van der Waals surface area (Å²) in [6.45, 7) is 0. The first-order valence-electron chi connectivity index (χ1n) is 12.5. The average Bonchev–Trinajstić information content (AvgIpc) is 2.97. The fourth-order valence-electron chi connectivity index (χ4n) is 4.10. The maximum atomic E-state index is 11.8. The van der Waals surface area contributed by atoms with E-state index >= 15 is 0 Å². The Balaban J connectivity index is 0.00000278. The van der Waals surface area contributed by atoms with Gasteiger partial charge in [0, 0.05) is 23.8 Å². The zero-order valence-electron chi connectivity index (χ0n) is 23.1. The number of rotatable bonds is 9. The molecule has 5 rings (SSSR count). The molecule has 0 radical (unpaired) electrons. The van der Waals surface area contributed by atoms with Crippen molar-refractivity contribution in [1.82, 2.24) is 15.0 Å². The zero-order valence-corrected chi connectivity index (χ0v) is 26.3. The van der Waals surface area contributed by atoms with Crippen LogP contribution < -0.4 is 10.2 Å². The molecule has 23 heteroatoms. The zero-order chi connectivity index (χ0) is 33.4. The van der Waals surface area contributed by atoms with Crippen LogP contribution in [-0.2, 0) is 30.4 Å². The number of hydrogen-bond acceptors (Lipinski definition) is 13. The molecule has 5 aromatic rings. The number of halogens is 1. The topological polar surface area (TPSA) is 242 Å². The van der Waals surface area contributed by atoms with Crippen molar-refractivity contribution in [2.75, 3.05) is 17.3 Å². The van der Waals surface area contributed by atoms with Gasteiger partial charge < -0.3 is 10.2 Å². The fourth-order valence-corrected chi connectivity index (χ4v) is 6.14. The molecule has 0 unspecified atom stereocenters. The van der Waals surface area contributed by atoms with E-state index in [1.807, 2.05) is 0 Å². The molecule has 4 N–H and O–H groups in total. The molecule has 0 aliphatic carbocycles. The molecule has 0 bridgehead atoms. The molecule has 1 heterocycles. The second-order valence-corrected chi connectivity index (χ2v) is 14.0. The Labute approximate surface area is 351 Å². The maximum absolute atomic E-state index is 11.8. The van der Waals surface area contributed by atoms with Crippen LogP contribution in [0.5, 0.6) is 0 Å². The third-order valence-electron chi connectivity index (χ3n) is 6.25. The van der Waals surface area contributed by atoms with Gasteiger partial charge in [0.05, 0.1) is 21.2 Å². The van der Waals surface area contributed by atoms with Crippen LogP contribution in [0.25, 0.3) is 10.8 Å². The van der Waals surface area contributed by atoms with E-state index in [-0.39, 0.29) is 133 Å². The van der Waals surface area contributed by atoms with Crippen LogP contribution in [0.15, 0.2) is 104 Å². The fraction of sp³-hybridized carbons (Fsp3) is 0.0385. The van der Waals surface area contributed by atoms with Crippen molar-refractivity contribution in [2.24, 2.45) is 10.2 Å². The van der Waals surface area contributed by atoms with Crippen molar-refractivity contribution in [3.63, 3.8) is 0 Å². The van der Waals surface area contributed by atoms with E-state index in [1.165, 1.54) is 42.5 Å². The van der Waals surface area contributed by atoms with Gasteiger partial charge in [0.2, 0.25) is 17.2 Å². The molecule has 49 heavy (non-hydrogen) atoms. The van der Waals surface area contributed by atoms with Crippen molar-refractivity contribution in [3.05, 3.63) is 84.1 Å². The third kappa shape index (κ3) is 11.2. The summed E-state index contributed by atoms with van der Waals surface area (Å²) >= 11 is 6.10. The standard InChI is InChI=1S/C26H20ClN7O9S3.3Na.3H/c1-34(26-30-24(27)29-25(31-26)28-17-3-2-4-20(13-17)44(35,36)37)19-8-5-16(6-9-19)32-33-18-7-10-22-15(11-18)12-21(45(38,39)40)14-23(22)46(41,42)43;;;;;;/h2-14H,1H3,(H,35,36,37)(H,38,39,40)(H,41,42,43)(H,28,29,30,31);;;;;;/b33-32+;;;;;;. The number of fused-ring (bicyclic) bond motifs is 1. The summed E-state index contributed by atoms with van der Waals surface area (Å²) in [6.07, 6.45) is 0. The molecular weight excluding hydrogens is 755 g/mol. The first-order chi connectivity index (χ1) is 21.5. The molecule has 0 saturated carbocycles. The number of nitrogens with one attached hydrogen (secondary N) is 1. The van der Waals surface area contributed by atoms with Gasteiger partial charge in [0.25, 0.3) is 30.4 Å². The Bertz CT molecular complexity index is 2370. The van der Waals surface area contributed by atoms with E-state index in [1.54, 1.807) is 36.2 Å². The minimum absolute atomic E-state index is 0. The molecule has 0 amide bonds. The van der Waals surface area contributed by atoms with Crippen LogP contribution in [0.4, 0.5) is 34.6 Å². The molecular formula is C26H23ClN7Na3O9S3. The number of nitrogens with zero attached hydrogens (tertiary/aromatic N) is 6. The van der Waals surface area contributed by atoms with Gasteiger partial charge in [0.15, 0.2) is 0 Å². The van der Waals surface area contributed by atoms with Crippen LogP contribution in [0.3, 0.4) is 0 Å². The van der Waals surface area contributed by atoms with Crippen molar-refractivity contribution in [3.8, 4) is 0 Å². The van der Waals surface area contributed by atoms with Crippen molar-refractivity contribution in [2.45, 2.75) is 14.7 Å². The molecule has 0 spiro atoms. The second kappa shape index (κ2) is 17.3. The van der Waals surface area contributed by atoms with E-state index in [2.05, 4.69) is 30.5 Å². The Kier molecular flexibility index (Phi) is 15.3. The van der Waals surface area contributed by atoms with Gasteiger partial charge in [-0.2, -0.15) is 50.4 Å². The summed E-state index contributed by atoms with van der Waals surface area (Å²) in [5.74, 6) is 0.134. The Morgan fingerprint density at radius 3 is 1.92 bits per heavy atom. The van der Waals surface area contributed by atoms with Gasteiger partial charge in [-0.25, -0.2) is 0 Å². The van der Waals surface area contributed by atoms with Crippen LogP contribution >= 0.6 is 11.6 Å². The first kappa shape index (κ1) is 43.5. The van der Waals surface area contributed by atoms with Gasteiger partial charge in [-0.15, -0.1) is 0 Å². The predicted molar refractivity (Wildman–Crippen MR) is 188 cm³/mol. The summed E-state index contributed by atoms with van der Waals surface area (Å²) < 4.78 is 98.1. The number of anilines is 4. The SMILES string of the molecule is CN(c1ccc(/N=N/c2ccc3c(S(=O)(=O)O)cc(S(=O)(=O)O)cc3c2)cc1)c1nc(Cl)nc(Nc2cccc(S(=O)(=O)O)c2)n1.[NaH].[NaH].[NaH]. The molecule has 0 aliphatic rings. The summed E-state index contributed by atoms with van der Waals surface area (Å²) in [4.78, 5) is 12.3.